The number of nitrogens with zero attached hydrogens (tertiary/aromatic N) is 3. The summed E-state index contributed by atoms with van der Waals surface area (Å²) in [5.74, 6) is -0.325. The highest BCUT2D eigenvalue weighted by Crippen LogP contribution is 2.39. The van der Waals surface area contributed by atoms with Gasteiger partial charge in [0.2, 0.25) is 10.0 Å². The summed E-state index contributed by atoms with van der Waals surface area (Å²) in [7, 11) is -1.98. The van der Waals surface area contributed by atoms with Gasteiger partial charge in [-0.25, -0.2) is 8.42 Å². The zero-order valence-electron chi connectivity index (χ0n) is 23.9. The van der Waals surface area contributed by atoms with Gasteiger partial charge in [0.1, 0.15) is 5.00 Å². The summed E-state index contributed by atoms with van der Waals surface area (Å²) >= 11 is 1.50. The Morgan fingerprint density at radius 3 is 2.27 bits per heavy atom. The molecule has 0 radical (unpaired) electrons. The fraction of sp³-hybridized carbons (Fsp3) is 0.600. The van der Waals surface area contributed by atoms with Crippen LogP contribution < -0.4 is 5.32 Å². The number of rotatable bonds is 7. The lowest BCUT2D eigenvalue weighted by molar-refractivity contribution is 0.0723. The first-order chi connectivity index (χ1) is 19.2. The van der Waals surface area contributed by atoms with Gasteiger partial charge in [-0.3, -0.25) is 14.5 Å². The monoisotopic (exact) mass is 586 g/mol. The van der Waals surface area contributed by atoms with Crippen molar-refractivity contribution in [1.82, 2.24) is 14.1 Å². The molecular weight excluding hydrogens is 544 g/mol. The van der Waals surface area contributed by atoms with Gasteiger partial charge in [-0.05, 0) is 82.2 Å². The van der Waals surface area contributed by atoms with E-state index in [4.69, 9.17) is 0 Å². The van der Waals surface area contributed by atoms with E-state index in [0.717, 1.165) is 94.4 Å². The minimum absolute atomic E-state index is 0.0117. The molecule has 3 aliphatic rings. The molecule has 218 valence electrons. The second-order valence-electron chi connectivity index (χ2n) is 11.7. The summed E-state index contributed by atoms with van der Waals surface area (Å²) in [6.45, 7) is 7.52. The highest BCUT2D eigenvalue weighted by Gasteiger charge is 2.33. The van der Waals surface area contributed by atoms with E-state index in [1.54, 1.807) is 19.2 Å². The average Bonchev–Trinajstić information content (AvgIpc) is 3.34. The first-order valence-corrected chi connectivity index (χ1v) is 17.0. The summed E-state index contributed by atoms with van der Waals surface area (Å²) in [5, 5.41) is 3.64. The molecule has 2 aliphatic heterocycles. The summed E-state index contributed by atoms with van der Waals surface area (Å²) in [6, 6.07) is 6.59. The van der Waals surface area contributed by atoms with Crippen molar-refractivity contribution in [2.24, 2.45) is 0 Å². The van der Waals surface area contributed by atoms with Crippen molar-refractivity contribution < 1.29 is 18.0 Å². The Hall–Kier alpha value is -2.27. The summed E-state index contributed by atoms with van der Waals surface area (Å²) < 4.78 is 28.0. The zero-order chi connectivity index (χ0) is 28.4. The predicted octanol–water partition coefficient (Wildman–Crippen LogP) is 5.35. The van der Waals surface area contributed by atoms with Gasteiger partial charge in [-0.2, -0.15) is 4.31 Å². The van der Waals surface area contributed by atoms with Crippen molar-refractivity contribution in [1.29, 1.82) is 0 Å². The molecule has 10 heteroatoms. The molecule has 1 aliphatic carbocycles. The molecule has 8 nitrogen and oxygen atoms in total. The molecule has 1 aromatic carbocycles. The number of hydrogen-bond donors (Lipinski definition) is 1. The molecule has 2 amide bonds. The largest absolute Gasteiger partial charge is 0.339 e. The molecule has 0 spiro atoms. The number of benzene rings is 1. The minimum Gasteiger partial charge on any atom is -0.339 e. The first kappa shape index (κ1) is 29.2. The number of nitrogens with one attached hydrogen (secondary N) is 1. The van der Waals surface area contributed by atoms with Crippen molar-refractivity contribution in [3.63, 3.8) is 0 Å². The van der Waals surface area contributed by atoms with Crippen molar-refractivity contribution >= 4 is 38.2 Å². The molecule has 0 unspecified atom stereocenters. The van der Waals surface area contributed by atoms with Gasteiger partial charge in [0.25, 0.3) is 11.8 Å². The Balaban J connectivity index is 1.37. The highest BCUT2D eigenvalue weighted by atomic mass is 32.2. The third kappa shape index (κ3) is 6.00. The van der Waals surface area contributed by atoms with Crippen LogP contribution in [0.3, 0.4) is 0 Å². The maximum Gasteiger partial charge on any atom is 0.257 e. The Morgan fingerprint density at radius 1 is 0.975 bits per heavy atom. The fourth-order valence-electron chi connectivity index (χ4n) is 6.19. The van der Waals surface area contributed by atoms with Crippen LogP contribution in [0.1, 0.15) is 96.4 Å². The number of anilines is 1. The Kier molecular flexibility index (Phi) is 8.99. The third-order valence-electron chi connectivity index (χ3n) is 8.78. The zero-order valence-corrected chi connectivity index (χ0v) is 25.6. The fourth-order valence-corrected chi connectivity index (χ4v) is 8.87. The normalized spacial score (nSPS) is 19.2. The molecule has 1 saturated carbocycles. The number of thiophene rings is 1. The predicted molar refractivity (Wildman–Crippen MR) is 160 cm³/mol. The molecule has 2 aromatic rings. The second kappa shape index (κ2) is 12.3. The van der Waals surface area contributed by atoms with Crippen LogP contribution in [-0.4, -0.2) is 73.1 Å². The second-order valence-corrected chi connectivity index (χ2v) is 14.8. The number of carbonyl (C=O) groups is 2. The van der Waals surface area contributed by atoms with Gasteiger partial charge < -0.3 is 10.2 Å². The van der Waals surface area contributed by atoms with Crippen LogP contribution in [0.4, 0.5) is 5.00 Å². The lowest BCUT2D eigenvalue weighted by atomic mass is 9.96. The molecule has 3 heterocycles. The summed E-state index contributed by atoms with van der Waals surface area (Å²) in [6.07, 6.45) is 8.96. The molecule has 1 saturated heterocycles. The third-order valence-corrected chi connectivity index (χ3v) is 11.8. The molecule has 40 heavy (non-hydrogen) atoms. The smallest absolute Gasteiger partial charge is 0.257 e. The van der Waals surface area contributed by atoms with E-state index in [0.29, 0.717) is 22.2 Å². The summed E-state index contributed by atoms with van der Waals surface area (Å²) in [5.41, 5.74) is 2.08. The molecule has 5 rings (SSSR count). The molecule has 1 aromatic heterocycles. The average molecular weight is 587 g/mol. The number of carbonyl (C=O) groups excluding carboxylic acids is 2. The summed E-state index contributed by atoms with van der Waals surface area (Å²) in [4.78, 5) is 32.8. The number of amides is 2. The SMILES string of the molecule is CC(C)N1CCc2c(sc(NC(=O)c3ccc(S(=O)(=O)N(C)C4CCCCC4)cc3)c2C(=O)N2CCCCC2)C1. The Morgan fingerprint density at radius 2 is 1.62 bits per heavy atom. The van der Waals surface area contributed by atoms with E-state index >= 15 is 0 Å². The standard InChI is InChI=1S/C30H42N4O4S2/c1-21(2)34-19-16-25-26(20-34)39-29(27(25)30(36)33-17-8-5-9-18-33)31-28(35)22-12-14-24(15-13-22)40(37,38)32(3)23-10-6-4-7-11-23/h12-15,21,23H,4-11,16-20H2,1-3H3,(H,31,35). The molecule has 2 fully saturated rings. The van der Waals surface area contributed by atoms with Crippen LogP contribution in [0.25, 0.3) is 0 Å². The number of hydrogen-bond acceptors (Lipinski definition) is 6. The minimum atomic E-state index is -3.64. The molecule has 0 bridgehead atoms. The number of fused-ring (bicyclic) bond motifs is 1. The van der Waals surface area contributed by atoms with E-state index in [2.05, 4.69) is 24.1 Å². The van der Waals surface area contributed by atoms with E-state index in [-0.39, 0.29) is 22.8 Å². The number of piperidine rings is 1. The van der Waals surface area contributed by atoms with Gasteiger partial charge in [0.05, 0.1) is 10.5 Å². The van der Waals surface area contributed by atoms with Crippen molar-refractivity contribution in [2.45, 2.75) is 95.2 Å². The topological polar surface area (TPSA) is 90.0 Å². The molecule has 1 N–H and O–H groups in total. The van der Waals surface area contributed by atoms with Gasteiger partial charge in [0.15, 0.2) is 0 Å². The van der Waals surface area contributed by atoms with Crippen molar-refractivity contribution in [3.8, 4) is 0 Å². The first-order valence-electron chi connectivity index (χ1n) is 14.7. The van der Waals surface area contributed by atoms with Gasteiger partial charge >= 0.3 is 0 Å². The Labute approximate surface area is 242 Å². The van der Waals surface area contributed by atoms with Crippen LogP contribution in [0.2, 0.25) is 0 Å². The van der Waals surface area contributed by atoms with Crippen LogP contribution in [-0.2, 0) is 23.0 Å². The van der Waals surface area contributed by atoms with Crippen LogP contribution in [0, 0.1) is 0 Å². The van der Waals surface area contributed by atoms with Gasteiger partial charge in [-0.1, -0.05) is 19.3 Å². The van der Waals surface area contributed by atoms with Crippen molar-refractivity contribution in [3.05, 3.63) is 45.8 Å². The van der Waals surface area contributed by atoms with Crippen LogP contribution in [0.15, 0.2) is 29.2 Å². The Bertz CT molecular complexity index is 1320. The maximum absolute atomic E-state index is 13.7. The lowest BCUT2D eigenvalue weighted by Gasteiger charge is -2.31. The quantitative estimate of drug-likeness (QED) is 0.473. The highest BCUT2D eigenvalue weighted by molar-refractivity contribution is 7.89. The number of likely N-dealkylation sites (tertiary alicyclic amines) is 1. The van der Waals surface area contributed by atoms with Gasteiger partial charge in [-0.15, -0.1) is 11.3 Å². The van der Waals surface area contributed by atoms with E-state index in [1.165, 1.54) is 27.8 Å². The van der Waals surface area contributed by atoms with E-state index in [1.807, 2.05) is 4.90 Å². The van der Waals surface area contributed by atoms with Gasteiger partial charge in [0, 0.05) is 55.8 Å². The maximum atomic E-state index is 13.7. The van der Waals surface area contributed by atoms with Crippen molar-refractivity contribution in [2.75, 3.05) is 32.0 Å². The lowest BCUT2D eigenvalue weighted by Crippen LogP contribution is -2.38. The molecular formula is C30H42N4O4S2. The van der Waals surface area contributed by atoms with Crippen LogP contribution in [0.5, 0.6) is 0 Å². The molecule has 0 atom stereocenters. The number of sulfonamides is 1. The van der Waals surface area contributed by atoms with Crippen LogP contribution >= 0.6 is 11.3 Å². The van der Waals surface area contributed by atoms with E-state index in [9.17, 15) is 18.0 Å². The van der Waals surface area contributed by atoms with E-state index < -0.39 is 10.0 Å².